The van der Waals surface area contributed by atoms with Crippen molar-refractivity contribution in [2.45, 2.75) is 39.1 Å². The van der Waals surface area contributed by atoms with Crippen molar-refractivity contribution < 1.29 is 14.6 Å². The lowest BCUT2D eigenvalue weighted by Crippen LogP contribution is -2.24. The smallest absolute Gasteiger partial charge is 0.0781 e. The zero-order valence-corrected chi connectivity index (χ0v) is 10.3. The van der Waals surface area contributed by atoms with Gasteiger partial charge in [0.1, 0.15) is 0 Å². The third kappa shape index (κ3) is 8.81. The fourth-order valence-electron chi connectivity index (χ4n) is 0.934. The maximum atomic E-state index is 8.99. The molecule has 0 spiro atoms. The highest BCUT2D eigenvalue weighted by Gasteiger charge is 2.07. The molecule has 0 aromatic rings. The molecule has 0 aliphatic carbocycles. The zero-order chi connectivity index (χ0) is 11.0. The Morgan fingerprint density at radius 1 is 1.07 bits per heavy atom. The van der Waals surface area contributed by atoms with Crippen molar-refractivity contribution in [2.75, 3.05) is 25.2 Å². The molecule has 3 nitrogen and oxygen atoms in total. The molecular weight excluding hydrogens is 200 g/mol. The van der Waals surface area contributed by atoms with E-state index in [9.17, 15) is 0 Å². The van der Waals surface area contributed by atoms with Gasteiger partial charge in [-0.2, -0.15) is 11.8 Å². The van der Waals surface area contributed by atoms with Gasteiger partial charge in [-0.1, -0.05) is 0 Å². The van der Waals surface area contributed by atoms with Crippen LogP contribution in [0.1, 0.15) is 20.8 Å². The second-order valence-corrected chi connectivity index (χ2v) is 4.50. The van der Waals surface area contributed by atoms with E-state index in [0.29, 0.717) is 13.2 Å². The number of aliphatic hydroxyl groups excluding tert-OH is 1. The van der Waals surface area contributed by atoms with E-state index in [-0.39, 0.29) is 12.2 Å². The largest absolute Gasteiger partial charge is 0.391 e. The first-order valence-corrected chi connectivity index (χ1v) is 6.35. The summed E-state index contributed by atoms with van der Waals surface area (Å²) in [7, 11) is 0. The molecule has 0 amide bonds. The molecule has 0 aromatic carbocycles. The number of thioether (sulfide) groups is 1. The summed E-state index contributed by atoms with van der Waals surface area (Å²) in [6.07, 6.45) is 1.98. The molecule has 0 bridgehead atoms. The maximum absolute atomic E-state index is 8.99. The van der Waals surface area contributed by atoms with Crippen molar-refractivity contribution >= 4 is 11.8 Å². The van der Waals surface area contributed by atoms with Crippen LogP contribution >= 0.6 is 11.8 Å². The van der Waals surface area contributed by atoms with Gasteiger partial charge >= 0.3 is 0 Å². The average Bonchev–Trinajstić information content (AvgIpc) is 2.12. The molecular formula is C10H22O3S. The standard InChI is InChI=1S/C10H22O3S/c1-8(11)5-12-9(2)6-13-10(3)7-14-4/h8-11H,5-7H2,1-4H3/t8-,9-,10+/m0/s1. The van der Waals surface area contributed by atoms with Crippen LogP contribution in [0.25, 0.3) is 0 Å². The lowest BCUT2D eigenvalue weighted by atomic mass is 10.4. The zero-order valence-electron chi connectivity index (χ0n) is 9.53. The van der Waals surface area contributed by atoms with Crippen molar-refractivity contribution in [3.63, 3.8) is 0 Å². The normalized spacial score (nSPS) is 17.8. The molecule has 4 heteroatoms. The van der Waals surface area contributed by atoms with Gasteiger partial charge in [-0.3, -0.25) is 0 Å². The minimum absolute atomic E-state index is 0.0499. The van der Waals surface area contributed by atoms with Crippen molar-refractivity contribution in [1.82, 2.24) is 0 Å². The van der Waals surface area contributed by atoms with E-state index in [1.54, 1.807) is 18.7 Å². The highest BCUT2D eigenvalue weighted by atomic mass is 32.2. The summed E-state index contributed by atoms with van der Waals surface area (Å²) in [4.78, 5) is 0. The van der Waals surface area contributed by atoms with Gasteiger partial charge in [0.15, 0.2) is 0 Å². The Hall–Kier alpha value is 0.230. The van der Waals surface area contributed by atoms with Crippen LogP contribution in [-0.2, 0) is 9.47 Å². The molecule has 0 aliphatic rings. The molecule has 0 rings (SSSR count). The van der Waals surface area contributed by atoms with Gasteiger partial charge in [0.2, 0.25) is 0 Å². The van der Waals surface area contributed by atoms with Crippen molar-refractivity contribution in [3.8, 4) is 0 Å². The first-order chi connectivity index (χ1) is 6.56. The summed E-state index contributed by atoms with van der Waals surface area (Å²) in [6, 6.07) is 0. The van der Waals surface area contributed by atoms with Crippen molar-refractivity contribution in [2.24, 2.45) is 0 Å². The van der Waals surface area contributed by atoms with E-state index in [2.05, 4.69) is 13.2 Å². The van der Waals surface area contributed by atoms with E-state index < -0.39 is 6.10 Å². The molecule has 0 aliphatic heterocycles. The minimum atomic E-state index is -0.402. The highest BCUT2D eigenvalue weighted by Crippen LogP contribution is 2.03. The minimum Gasteiger partial charge on any atom is -0.391 e. The molecule has 0 radical (unpaired) electrons. The SMILES string of the molecule is CSC[C@@H](C)OC[C@H](C)OC[C@H](C)O. The van der Waals surface area contributed by atoms with Gasteiger partial charge in [-0.25, -0.2) is 0 Å². The summed E-state index contributed by atoms with van der Waals surface area (Å²) in [5.74, 6) is 1.00. The Bertz CT molecular complexity index is 131. The van der Waals surface area contributed by atoms with Gasteiger partial charge in [-0.15, -0.1) is 0 Å². The fourth-order valence-corrected chi connectivity index (χ4v) is 1.50. The summed E-state index contributed by atoms with van der Waals surface area (Å²) in [5.41, 5.74) is 0. The van der Waals surface area contributed by atoms with Gasteiger partial charge in [0.25, 0.3) is 0 Å². The van der Waals surface area contributed by atoms with E-state index >= 15 is 0 Å². The molecule has 0 unspecified atom stereocenters. The van der Waals surface area contributed by atoms with E-state index in [1.165, 1.54) is 0 Å². The Kier molecular flexibility index (Phi) is 8.67. The van der Waals surface area contributed by atoms with Crippen LogP contribution in [0.3, 0.4) is 0 Å². The number of hydrogen-bond acceptors (Lipinski definition) is 4. The van der Waals surface area contributed by atoms with Crippen LogP contribution in [0.2, 0.25) is 0 Å². The molecule has 1 N–H and O–H groups in total. The Morgan fingerprint density at radius 3 is 2.14 bits per heavy atom. The van der Waals surface area contributed by atoms with Gasteiger partial charge in [-0.05, 0) is 27.0 Å². The van der Waals surface area contributed by atoms with Crippen molar-refractivity contribution in [1.29, 1.82) is 0 Å². The van der Waals surface area contributed by atoms with Gasteiger partial charge < -0.3 is 14.6 Å². The quantitative estimate of drug-likeness (QED) is 0.676. The Morgan fingerprint density at radius 2 is 1.64 bits per heavy atom. The van der Waals surface area contributed by atoms with E-state index in [0.717, 1.165) is 5.75 Å². The average molecular weight is 222 g/mol. The second kappa shape index (κ2) is 8.53. The number of aliphatic hydroxyl groups is 1. The molecule has 14 heavy (non-hydrogen) atoms. The lowest BCUT2D eigenvalue weighted by molar-refractivity contribution is -0.0484. The Labute approximate surface area is 91.2 Å². The second-order valence-electron chi connectivity index (χ2n) is 3.59. The van der Waals surface area contributed by atoms with Crippen LogP contribution < -0.4 is 0 Å². The van der Waals surface area contributed by atoms with Crippen LogP contribution in [0, 0.1) is 0 Å². The van der Waals surface area contributed by atoms with Crippen LogP contribution in [0.5, 0.6) is 0 Å². The van der Waals surface area contributed by atoms with Gasteiger partial charge in [0.05, 0.1) is 31.5 Å². The number of hydrogen-bond donors (Lipinski definition) is 1. The lowest BCUT2D eigenvalue weighted by Gasteiger charge is -2.17. The monoisotopic (exact) mass is 222 g/mol. The van der Waals surface area contributed by atoms with Crippen LogP contribution in [0.15, 0.2) is 0 Å². The van der Waals surface area contributed by atoms with Gasteiger partial charge in [0, 0.05) is 5.75 Å². The Balaban J connectivity index is 3.38. The summed E-state index contributed by atoms with van der Waals surface area (Å²) >= 11 is 1.77. The predicted octanol–water partition coefficient (Wildman–Crippen LogP) is 1.54. The molecule has 0 aromatic heterocycles. The summed E-state index contributed by atoms with van der Waals surface area (Å²) < 4.78 is 10.9. The molecule has 0 saturated heterocycles. The maximum Gasteiger partial charge on any atom is 0.0781 e. The highest BCUT2D eigenvalue weighted by molar-refractivity contribution is 7.98. The first kappa shape index (κ1) is 14.2. The van der Waals surface area contributed by atoms with Crippen LogP contribution in [-0.4, -0.2) is 48.6 Å². The third-order valence-electron chi connectivity index (χ3n) is 1.64. The van der Waals surface area contributed by atoms with E-state index in [1.807, 2.05) is 6.92 Å². The number of rotatable bonds is 8. The van der Waals surface area contributed by atoms with Crippen molar-refractivity contribution in [3.05, 3.63) is 0 Å². The molecule has 0 saturated carbocycles. The van der Waals surface area contributed by atoms with E-state index in [4.69, 9.17) is 14.6 Å². The summed E-state index contributed by atoms with van der Waals surface area (Å²) in [6.45, 7) is 6.69. The third-order valence-corrected chi connectivity index (χ3v) is 2.44. The first-order valence-electron chi connectivity index (χ1n) is 4.96. The molecule has 0 heterocycles. The topological polar surface area (TPSA) is 38.7 Å². The summed E-state index contributed by atoms with van der Waals surface area (Å²) in [5, 5.41) is 8.99. The predicted molar refractivity (Wildman–Crippen MR) is 60.9 cm³/mol. The number of ether oxygens (including phenoxy) is 2. The fraction of sp³-hybridized carbons (Fsp3) is 1.00. The van der Waals surface area contributed by atoms with Crippen LogP contribution in [0.4, 0.5) is 0 Å². The molecule has 3 atom stereocenters. The molecule has 86 valence electrons. The molecule has 0 fully saturated rings.